The van der Waals surface area contributed by atoms with E-state index in [0.29, 0.717) is 0 Å². The van der Waals surface area contributed by atoms with Gasteiger partial charge in [-0.05, 0) is 25.7 Å². The molecule has 0 aromatic heterocycles. The third-order valence-corrected chi connectivity index (χ3v) is 2.26. The number of nitrogens with one attached hydrogen (secondary N) is 1. The Hall–Kier alpha value is -0.990. The molecule has 0 fully saturated rings. The molecule has 3 nitrogen and oxygen atoms in total. The van der Waals surface area contributed by atoms with Gasteiger partial charge in [-0.25, -0.2) is 4.79 Å². The Kier molecular flexibility index (Phi) is 3.80. The highest BCUT2D eigenvalue weighted by molar-refractivity contribution is 5.73. The molecule has 0 heterocycles. The van der Waals surface area contributed by atoms with Crippen LogP contribution in [0.5, 0.6) is 0 Å². The zero-order valence-electron chi connectivity index (χ0n) is 8.47. The molecule has 0 spiro atoms. The van der Waals surface area contributed by atoms with Gasteiger partial charge in [-0.15, -0.1) is 0 Å². The van der Waals surface area contributed by atoms with Crippen LogP contribution in [0.15, 0.2) is 11.6 Å². The summed E-state index contributed by atoms with van der Waals surface area (Å²) in [6.07, 6.45) is 7.03. The summed E-state index contributed by atoms with van der Waals surface area (Å²) in [4.78, 5) is 12.7. The van der Waals surface area contributed by atoms with Crippen LogP contribution in [0.25, 0.3) is 0 Å². The Balaban J connectivity index is 2.10. The maximum absolute atomic E-state index is 11.1. The van der Waals surface area contributed by atoms with Crippen molar-refractivity contribution in [3.63, 3.8) is 0 Å². The smallest absolute Gasteiger partial charge is 0.316 e. The zero-order valence-corrected chi connectivity index (χ0v) is 8.47. The lowest BCUT2D eigenvalue weighted by Crippen LogP contribution is -2.35. The summed E-state index contributed by atoms with van der Waals surface area (Å²) in [6.45, 7) is 0.767. The number of urea groups is 1. The fourth-order valence-corrected chi connectivity index (χ4v) is 1.45. The van der Waals surface area contributed by atoms with E-state index in [1.807, 2.05) is 0 Å². The topological polar surface area (TPSA) is 32.3 Å². The Labute approximate surface area is 79.8 Å². The van der Waals surface area contributed by atoms with Crippen molar-refractivity contribution < 1.29 is 4.79 Å². The molecule has 3 heteroatoms. The minimum Gasteiger partial charge on any atom is -0.338 e. The van der Waals surface area contributed by atoms with E-state index in [-0.39, 0.29) is 6.03 Å². The second-order valence-corrected chi connectivity index (χ2v) is 3.63. The zero-order chi connectivity index (χ0) is 9.68. The fourth-order valence-electron chi connectivity index (χ4n) is 1.45. The molecule has 74 valence electrons. The van der Waals surface area contributed by atoms with Gasteiger partial charge in [0.05, 0.1) is 0 Å². The molecule has 0 unspecified atom stereocenters. The molecule has 0 atom stereocenters. The van der Waals surface area contributed by atoms with Gasteiger partial charge >= 0.3 is 6.03 Å². The molecule has 13 heavy (non-hydrogen) atoms. The summed E-state index contributed by atoms with van der Waals surface area (Å²) < 4.78 is 0. The van der Waals surface area contributed by atoms with Crippen molar-refractivity contribution in [3.05, 3.63) is 11.6 Å². The lowest BCUT2D eigenvalue weighted by molar-refractivity contribution is 0.217. The molecule has 1 aliphatic rings. The second kappa shape index (κ2) is 4.90. The van der Waals surface area contributed by atoms with Gasteiger partial charge in [-0.2, -0.15) is 0 Å². The number of rotatable bonds is 3. The summed E-state index contributed by atoms with van der Waals surface area (Å²) in [6, 6.07) is -0.00130. The minimum atomic E-state index is -0.00130. The number of hydrogen-bond acceptors (Lipinski definition) is 1. The first kappa shape index (κ1) is 10.1. The van der Waals surface area contributed by atoms with Crippen molar-refractivity contribution in [1.82, 2.24) is 10.2 Å². The van der Waals surface area contributed by atoms with Gasteiger partial charge < -0.3 is 10.2 Å². The highest BCUT2D eigenvalue weighted by Gasteiger charge is 2.05. The maximum atomic E-state index is 11.1. The van der Waals surface area contributed by atoms with Crippen LogP contribution < -0.4 is 5.32 Å². The summed E-state index contributed by atoms with van der Waals surface area (Å²) in [5.74, 6) is 0. The lowest BCUT2D eigenvalue weighted by Gasteiger charge is -2.11. The fraction of sp³-hybridized carbons (Fsp3) is 0.700. The van der Waals surface area contributed by atoms with Crippen LogP contribution in [0.4, 0.5) is 4.79 Å². The van der Waals surface area contributed by atoms with E-state index >= 15 is 0 Å². The van der Waals surface area contributed by atoms with Gasteiger partial charge in [0, 0.05) is 20.6 Å². The molecule has 0 aliphatic heterocycles. The van der Waals surface area contributed by atoms with Crippen molar-refractivity contribution >= 4 is 6.03 Å². The monoisotopic (exact) mass is 182 g/mol. The number of carbonyl (C=O) groups is 1. The van der Waals surface area contributed by atoms with E-state index < -0.39 is 0 Å². The molecule has 0 aromatic rings. The molecular weight excluding hydrogens is 164 g/mol. The normalized spacial score (nSPS) is 15.4. The molecule has 0 radical (unpaired) electrons. The SMILES string of the molecule is CN(C)C(=O)NCCC1=CCCC1. The first-order valence-electron chi connectivity index (χ1n) is 4.83. The maximum Gasteiger partial charge on any atom is 0.316 e. The summed E-state index contributed by atoms with van der Waals surface area (Å²) in [5.41, 5.74) is 1.50. The first-order chi connectivity index (χ1) is 6.20. The average Bonchev–Trinajstić information content (AvgIpc) is 2.56. The third-order valence-electron chi connectivity index (χ3n) is 2.26. The van der Waals surface area contributed by atoms with Crippen molar-refractivity contribution in [2.75, 3.05) is 20.6 Å². The minimum absolute atomic E-state index is 0.00130. The third kappa shape index (κ3) is 3.49. The summed E-state index contributed by atoms with van der Waals surface area (Å²) in [7, 11) is 3.51. The molecule has 0 bridgehead atoms. The van der Waals surface area contributed by atoms with E-state index in [9.17, 15) is 4.79 Å². The quantitative estimate of drug-likeness (QED) is 0.663. The standard InChI is InChI=1S/C10H18N2O/c1-12(2)10(13)11-8-7-9-5-3-4-6-9/h5H,3-4,6-8H2,1-2H3,(H,11,13). The Morgan fingerprint density at radius 1 is 1.62 bits per heavy atom. The average molecular weight is 182 g/mol. The van der Waals surface area contributed by atoms with Gasteiger partial charge in [-0.3, -0.25) is 0 Å². The second-order valence-electron chi connectivity index (χ2n) is 3.63. The van der Waals surface area contributed by atoms with Crippen LogP contribution in [0, 0.1) is 0 Å². The predicted octanol–water partition coefficient (Wildman–Crippen LogP) is 1.76. The Morgan fingerprint density at radius 2 is 2.38 bits per heavy atom. The number of hydrogen-bond donors (Lipinski definition) is 1. The molecule has 0 saturated carbocycles. The van der Waals surface area contributed by atoms with Gasteiger partial charge in [0.25, 0.3) is 0 Å². The van der Waals surface area contributed by atoms with Crippen LogP contribution in [-0.2, 0) is 0 Å². The van der Waals surface area contributed by atoms with Crippen LogP contribution in [0.2, 0.25) is 0 Å². The summed E-state index contributed by atoms with van der Waals surface area (Å²) in [5, 5.41) is 2.86. The van der Waals surface area contributed by atoms with Crippen LogP contribution in [-0.4, -0.2) is 31.6 Å². The van der Waals surface area contributed by atoms with Gasteiger partial charge in [0.2, 0.25) is 0 Å². The van der Waals surface area contributed by atoms with E-state index in [0.717, 1.165) is 13.0 Å². The number of nitrogens with zero attached hydrogens (tertiary/aromatic N) is 1. The predicted molar refractivity (Wildman–Crippen MR) is 53.6 cm³/mol. The van der Waals surface area contributed by atoms with Crippen molar-refractivity contribution in [2.24, 2.45) is 0 Å². The number of amides is 2. The highest BCUT2D eigenvalue weighted by Crippen LogP contribution is 2.19. The molecular formula is C10H18N2O. The van der Waals surface area contributed by atoms with E-state index in [2.05, 4.69) is 11.4 Å². The number of carbonyl (C=O) groups excluding carboxylic acids is 1. The van der Waals surface area contributed by atoms with Gasteiger partial charge in [-0.1, -0.05) is 11.6 Å². The lowest BCUT2D eigenvalue weighted by atomic mass is 10.2. The van der Waals surface area contributed by atoms with Crippen LogP contribution in [0.1, 0.15) is 25.7 Å². The molecule has 2 amide bonds. The molecule has 1 N–H and O–H groups in total. The largest absolute Gasteiger partial charge is 0.338 e. The van der Waals surface area contributed by atoms with E-state index in [4.69, 9.17) is 0 Å². The first-order valence-corrected chi connectivity index (χ1v) is 4.83. The van der Waals surface area contributed by atoms with Gasteiger partial charge in [0.1, 0.15) is 0 Å². The number of allylic oxidation sites excluding steroid dienone is 1. The Bertz CT molecular complexity index is 209. The summed E-state index contributed by atoms with van der Waals surface area (Å²) >= 11 is 0. The molecule has 0 aromatic carbocycles. The van der Waals surface area contributed by atoms with E-state index in [1.165, 1.54) is 24.8 Å². The van der Waals surface area contributed by atoms with E-state index in [1.54, 1.807) is 19.0 Å². The van der Waals surface area contributed by atoms with Crippen molar-refractivity contribution in [1.29, 1.82) is 0 Å². The highest BCUT2D eigenvalue weighted by atomic mass is 16.2. The van der Waals surface area contributed by atoms with Crippen LogP contribution >= 0.6 is 0 Å². The Morgan fingerprint density at radius 3 is 2.92 bits per heavy atom. The molecule has 1 rings (SSSR count). The molecule has 0 saturated heterocycles. The van der Waals surface area contributed by atoms with Crippen molar-refractivity contribution in [3.8, 4) is 0 Å². The van der Waals surface area contributed by atoms with Crippen molar-refractivity contribution in [2.45, 2.75) is 25.7 Å². The van der Waals surface area contributed by atoms with Crippen LogP contribution in [0.3, 0.4) is 0 Å². The van der Waals surface area contributed by atoms with Gasteiger partial charge in [0.15, 0.2) is 0 Å². The molecule has 1 aliphatic carbocycles.